The first-order chi connectivity index (χ1) is 9.65. The number of aryl methyl sites for hydroxylation is 1. The van der Waals surface area contributed by atoms with E-state index in [0.29, 0.717) is 6.04 Å². The average Bonchev–Trinajstić information content (AvgIpc) is 2.46. The van der Waals surface area contributed by atoms with Gasteiger partial charge in [-0.15, -0.1) is 0 Å². The van der Waals surface area contributed by atoms with Crippen LogP contribution in [0.1, 0.15) is 63.1 Å². The van der Waals surface area contributed by atoms with E-state index in [4.69, 9.17) is 11.6 Å². The molecule has 1 aliphatic rings. The van der Waals surface area contributed by atoms with Crippen molar-refractivity contribution in [3.8, 4) is 0 Å². The summed E-state index contributed by atoms with van der Waals surface area (Å²) in [5, 5.41) is 4.56. The Bertz CT molecular complexity index is 421. The summed E-state index contributed by atoms with van der Waals surface area (Å²) in [7, 11) is 0. The number of hydrogen-bond donors (Lipinski definition) is 1. The van der Waals surface area contributed by atoms with Crippen molar-refractivity contribution >= 4 is 11.6 Å². The predicted molar refractivity (Wildman–Crippen MR) is 88.3 cm³/mol. The molecule has 2 heteroatoms. The summed E-state index contributed by atoms with van der Waals surface area (Å²) in [5.41, 5.74) is 2.76. The van der Waals surface area contributed by atoms with Gasteiger partial charge in [-0.05, 0) is 61.4 Å². The minimum atomic E-state index is 0.495. The molecule has 0 bridgehead atoms. The quantitative estimate of drug-likeness (QED) is 0.754. The lowest BCUT2D eigenvalue weighted by atomic mass is 9.75. The maximum Gasteiger partial charge on any atom is 0.0408 e. The molecule has 0 aromatic heterocycles. The van der Waals surface area contributed by atoms with Crippen molar-refractivity contribution in [3.63, 3.8) is 0 Å². The van der Waals surface area contributed by atoms with Crippen LogP contribution in [0.3, 0.4) is 0 Å². The molecule has 0 amide bonds. The fourth-order valence-electron chi connectivity index (χ4n) is 3.67. The zero-order valence-corrected chi connectivity index (χ0v) is 13.8. The fraction of sp³-hybridized carbons (Fsp3) is 0.667. The lowest BCUT2D eigenvalue weighted by molar-refractivity contribution is 0.220. The second-order valence-electron chi connectivity index (χ2n) is 6.23. The molecule has 0 radical (unpaired) electrons. The fourth-order valence-corrected chi connectivity index (χ4v) is 3.90. The van der Waals surface area contributed by atoms with Crippen LogP contribution in [0.25, 0.3) is 0 Å². The van der Waals surface area contributed by atoms with E-state index in [-0.39, 0.29) is 0 Å². The topological polar surface area (TPSA) is 12.0 Å². The molecular weight excluding hydrogens is 266 g/mol. The number of rotatable bonds is 5. The third-order valence-corrected chi connectivity index (χ3v) is 5.17. The largest absolute Gasteiger partial charge is 0.310 e. The molecule has 1 aliphatic carbocycles. The van der Waals surface area contributed by atoms with Gasteiger partial charge < -0.3 is 5.32 Å². The molecule has 1 aromatic rings. The minimum absolute atomic E-state index is 0.495. The van der Waals surface area contributed by atoms with Crippen LogP contribution in [0.2, 0.25) is 5.02 Å². The summed E-state index contributed by atoms with van der Waals surface area (Å²) < 4.78 is 0. The smallest absolute Gasteiger partial charge is 0.0408 e. The summed E-state index contributed by atoms with van der Waals surface area (Å²) in [6, 6.07) is 6.84. The van der Waals surface area contributed by atoms with Crippen molar-refractivity contribution in [1.82, 2.24) is 5.32 Å². The summed E-state index contributed by atoms with van der Waals surface area (Å²) in [6.45, 7) is 7.75. The molecule has 0 aliphatic heterocycles. The highest BCUT2D eigenvalue weighted by Gasteiger charge is 2.28. The molecule has 112 valence electrons. The van der Waals surface area contributed by atoms with E-state index < -0.39 is 0 Å². The summed E-state index contributed by atoms with van der Waals surface area (Å²) >= 11 is 6.10. The zero-order chi connectivity index (χ0) is 14.5. The van der Waals surface area contributed by atoms with Crippen LogP contribution in [0.15, 0.2) is 18.2 Å². The number of benzene rings is 1. The Hall–Kier alpha value is -0.530. The van der Waals surface area contributed by atoms with Gasteiger partial charge in [-0.25, -0.2) is 0 Å². The van der Waals surface area contributed by atoms with E-state index in [2.05, 4.69) is 38.2 Å². The van der Waals surface area contributed by atoms with Crippen LogP contribution in [-0.2, 0) is 0 Å². The van der Waals surface area contributed by atoms with Gasteiger partial charge in [0.2, 0.25) is 0 Å². The highest BCUT2D eigenvalue weighted by molar-refractivity contribution is 6.30. The monoisotopic (exact) mass is 293 g/mol. The van der Waals surface area contributed by atoms with Gasteiger partial charge in [0.15, 0.2) is 0 Å². The lowest BCUT2D eigenvalue weighted by Gasteiger charge is -2.35. The van der Waals surface area contributed by atoms with E-state index in [9.17, 15) is 0 Å². The van der Waals surface area contributed by atoms with Gasteiger partial charge in [0.05, 0.1) is 0 Å². The van der Waals surface area contributed by atoms with E-state index in [1.165, 1.54) is 43.2 Å². The van der Waals surface area contributed by atoms with Crippen LogP contribution < -0.4 is 5.32 Å². The first-order valence-electron chi connectivity index (χ1n) is 8.15. The van der Waals surface area contributed by atoms with E-state index in [1.807, 2.05) is 6.07 Å². The van der Waals surface area contributed by atoms with Gasteiger partial charge in [-0.2, -0.15) is 0 Å². The number of hydrogen-bond acceptors (Lipinski definition) is 1. The van der Waals surface area contributed by atoms with Crippen molar-refractivity contribution in [2.45, 2.75) is 58.9 Å². The van der Waals surface area contributed by atoms with Gasteiger partial charge in [0.25, 0.3) is 0 Å². The molecule has 1 aromatic carbocycles. The molecule has 1 nitrogen and oxygen atoms in total. The van der Waals surface area contributed by atoms with Gasteiger partial charge in [0, 0.05) is 11.1 Å². The molecule has 1 saturated carbocycles. The average molecular weight is 294 g/mol. The first-order valence-corrected chi connectivity index (χ1v) is 8.52. The molecular formula is C18H28ClN. The van der Waals surface area contributed by atoms with Gasteiger partial charge in [-0.1, -0.05) is 50.8 Å². The molecule has 20 heavy (non-hydrogen) atoms. The van der Waals surface area contributed by atoms with Crippen LogP contribution in [0.5, 0.6) is 0 Å². The maximum absolute atomic E-state index is 6.10. The second kappa shape index (κ2) is 7.47. The molecule has 1 atom stereocenters. The summed E-state index contributed by atoms with van der Waals surface area (Å²) in [5.74, 6) is 1.73. The number of nitrogens with one attached hydrogen (secondary N) is 1. The second-order valence-corrected chi connectivity index (χ2v) is 6.66. The SMILES string of the molecule is CCNC(c1ccc(Cl)cc1C)C1CCC(CC)CC1. The molecule has 2 rings (SSSR count). The van der Waals surface area contributed by atoms with E-state index >= 15 is 0 Å². The normalized spacial score (nSPS) is 24.6. The highest BCUT2D eigenvalue weighted by atomic mass is 35.5. The van der Waals surface area contributed by atoms with E-state index in [0.717, 1.165) is 23.4 Å². The first kappa shape index (κ1) is 15.9. The lowest BCUT2D eigenvalue weighted by Crippen LogP contribution is -2.31. The van der Waals surface area contributed by atoms with Crippen molar-refractivity contribution in [3.05, 3.63) is 34.3 Å². The standard InChI is InChI=1S/C18H28ClN/c1-4-14-6-8-15(9-7-14)18(20-5-2)17-11-10-16(19)12-13(17)3/h10-12,14-15,18,20H,4-9H2,1-3H3. The van der Waals surface area contributed by atoms with Gasteiger partial charge in [-0.3, -0.25) is 0 Å². The molecule has 1 unspecified atom stereocenters. The minimum Gasteiger partial charge on any atom is -0.310 e. The Kier molecular flexibility index (Phi) is 5.92. The van der Waals surface area contributed by atoms with Crippen molar-refractivity contribution in [2.75, 3.05) is 6.54 Å². The molecule has 0 saturated heterocycles. The zero-order valence-electron chi connectivity index (χ0n) is 13.1. The third kappa shape index (κ3) is 3.77. The highest BCUT2D eigenvalue weighted by Crippen LogP contribution is 2.39. The molecule has 0 heterocycles. The molecule has 1 fully saturated rings. The maximum atomic E-state index is 6.10. The van der Waals surface area contributed by atoms with Gasteiger partial charge in [0.1, 0.15) is 0 Å². The van der Waals surface area contributed by atoms with Crippen LogP contribution in [0, 0.1) is 18.8 Å². The van der Waals surface area contributed by atoms with E-state index in [1.54, 1.807) is 0 Å². The summed E-state index contributed by atoms with van der Waals surface area (Å²) in [4.78, 5) is 0. The Balaban J connectivity index is 2.14. The van der Waals surface area contributed by atoms with Crippen molar-refractivity contribution in [2.24, 2.45) is 11.8 Å². The Morgan fingerprint density at radius 2 is 1.90 bits per heavy atom. The Morgan fingerprint density at radius 1 is 1.20 bits per heavy atom. The van der Waals surface area contributed by atoms with Crippen LogP contribution in [-0.4, -0.2) is 6.54 Å². The summed E-state index contributed by atoms with van der Waals surface area (Å²) in [6.07, 6.45) is 6.86. The number of halogens is 1. The van der Waals surface area contributed by atoms with Gasteiger partial charge >= 0.3 is 0 Å². The third-order valence-electron chi connectivity index (χ3n) is 4.93. The van der Waals surface area contributed by atoms with Crippen LogP contribution in [0.4, 0.5) is 0 Å². The molecule has 0 spiro atoms. The Labute approximate surface area is 129 Å². The van der Waals surface area contributed by atoms with Crippen molar-refractivity contribution < 1.29 is 0 Å². The Morgan fingerprint density at radius 3 is 2.45 bits per heavy atom. The van der Waals surface area contributed by atoms with Crippen molar-refractivity contribution in [1.29, 1.82) is 0 Å². The van der Waals surface area contributed by atoms with Crippen LogP contribution >= 0.6 is 11.6 Å². The predicted octanol–water partition coefficient (Wildman–Crippen LogP) is 5.52. The molecule has 1 N–H and O–H groups in total.